The van der Waals surface area contributed by atoms with Gasteiger partial charge in [0, 0.05) is 0 Å². The molecule has 4 heteroatoms. The summed E-state index contributed by atoms with van der Waals surface area (Å²) in [5.74, 6) is 0. The van der Waals surface area contributed by atoms with E-state index >= 15 is 0 Å². The summed E-state index contributed by atoms with van der Waals surface area (Å²) < 4.78 is 0. The average molecular weight is 150 g/mol. The molecule has 0 bridgehead atoms. The fraction of sp³-hybridized carbons (Fsp3) is 0. The van der Waals surface area contributed by atoms with E-state index in [2.05, 4.69) is 0 Å². The first-order valence-corrected chi connectivity index (χ1v) is 0.224. The number of hydrogen-bond donors (Lipinski definition) is 0. The first-order chi connectivity index (χ1) is 1.00. The van der Waals surface area contributed by atoms with E-state index in [1.807, 2.05) is 0 Å². The van der Waals surface area contributed by atoms with Gasteiger partial charge in [0.05, 0.1) is 0 Å². The summed E-state index contributed by atoms with van der Waals surface area (Å²) in [5.41, 5.74) is 0. The normalized spacial score (nSPS) is 0.400. The molecule has 0 saturated carbocycles. The minimum absolute atomic E-state index is 0. The van der Waals surface area contributed by atoms with Gasteiger partial charge in [0.2, 0.25) is 0 Å². The topological polar surface area (TPSA) is 23.8 Å². The predicted octanol–water partition coefficient (Wildman–Crippen LogP) is -5.90. The third-order valence-corrected chi connectivity index (χ3v) is 0. The molecule has 18 valence electrons. The van der Waals surface area contributed by atoms with E-state index < -0.39 is 0 Å². The molecule has 0 aliphatic rings. The molecule has 1 nitrogen and oxygen atoms in total. The maximum absolute atomic E-state index is 6.25. The maximum atomic E-state index is 6.25. The molecule has 0 aromatic carbocycles. The Kier molecular flexibility index (Phi) is 344. The van der Waals surface area contributed by atoms with E-state index in [0.717, 1.165) is 0 Å². The van der Waals surface area contributed by atoms with Crippen molar-refractivity contribution >= 4 is 0 Å². The minimum atomic E-state index is 0. The number of rotatable bonds is 0. The van der Waals surface area contributed by atoms with Crippen molar-refractivity contribution in [2.75, 3.05) is 0 Å². The monoisotopic (exact) mass is 148 g/mol. The maximum Gasteiger partial charge on any atom is 2.00 e. The Morgan fingerprint density at radius 2 is 1.20 bits per heavy atom. The van der Waals surface area contributed by atoms with Crippen LogP contribution in [0.5, 0.6) is 0 Å². The molecule has 0 spiro atoms. The summed E-state index contributed by atoms with van der Waals surface area (Å²) >= 11 is 0. The Balaban J connectivity index is -0.00000000167. The zero-order valence-corrected chi connectivity index (χ0v) is 8.76. The fourth-order valence-electron chi connectivity index (χ4n) is 0. The van der Waals surface area contributed by atoms with E-state index in [4.69, 9.17) is 11.8 Å². The van der Waals surface area contributed by atoms with Crippen LogP contribution < -0.4 is 42.0 Å². The molecule has 0 amide bonds. The van der Waals surface area contributed by atoms with Gasteiger partial charge in [0.1, 0.15) is 0 Å². The van der Waals surface area contributed by atoms with Crippen LogP contribution >= 0.6 is 0 Å². The van der Waals surface area contributed by atoms with Crippen LogP contribution in [0.15, 0.2) is 0 Å². The Morgan fingerprint density at radius 3 is 1.20 bits per heavy atom. The van der Waals surface area contributed by atoms with Gasteiger partial charge in [-0.15, -0.1) is 0 Å². The Labute approximate surface area is 72.6 Å². The van der Waals surface area contributed by atoms with E-state index in [-0.39, 0.29) is 61.4 Å². The minimum Gasteiger partial charge on any atom is -1.00 e. The Morgan fingerprint density at radius 1 is 1.20 bits per heavy atom. The smallest absolute Gasteiger partial charge is 1.00 e. The standard InChI is InChI=1S/CN.ClH.Na.Zn/c1-2;;;/h;1H;;/q-1;;+1;+2/p-1. The molecule has 0 aliphatic heterocycles. The Bertz CT molecular complexity index is 16.4. The average Bonchev–Trinajstić information content (AvgIpc) is 1.00. The zero-order chi connectivity index (χ0) is 2.00. The van der Waals surface area contributed by atoms with Crippen molar-refractivity contribution in [3.8, 4) is 0 Å². The summed E-state index contributed by atoms with van der Waals surface area (Å²) in [6.07, 6.45) is 0. The van der Waals surface area contributed by atoms with E-state index in [1.54, 1.807) is 0 Å². The molecule has 0 heterocycles. The van der Waals surface area contributed by atoms with Gasteiger partial charge in [0.15, 0.2) is 0 Å². The van der Waals surface area contributed by atoms with E-state index in [9.17, 15) is 0 Å². The molecule has 0 fully saturated rings. The number of hydrogen-bond acceptors (Lipinski definition) is 1. The van der Waals surface area contributed by atoms with Crippen molar-refractivity contribution < 1.29 is 61.4 Å². The van der Waals surface area contributed by atoms with Gasteiger partial charge in [-0.3, -0.25) is 0 Å². The SMILES string of the molecule is [C-]#N.[Cl-].[Na+].[Zn+2]. The zero-order valence-electron chi connectivity index (χ0n) is 3.03. The second-order valence-corrected chi connectivity index (χ2v) is 0. The van der Waals surface area contributed by atoms with Crippen LogP contribution in [0.3, 0.4) is 0 Å². The van der Waals surface area contributed by atoms with Crippen LogP contribution in [-0.4, -0.2) is 0 Å². The first kappa shape index (κ1) is 32.4. The van der Waals surface area contributed by atoms with Crippen molar-refractivity contribution in [3.63, 3.8) is 0 Å². The predicted molar refractivity (Wildman–Crippen MR) is 4.97 cm³/mol. The molecule has 0 aliphatic carbocycles. The van der Waals surface area contributed by atoms with Crippen LogP contribution in [0.1, 0.15) is 0 Å². The van der Waals surface area contributed by atoms with Crippen molar-refractivity contribution in [2.45, 2.75) is 0 Å². The van der Waals surface area contributed by atoms with Crippen LogP contribution in [0.4, 0.5) is 0 Å². The van der Waals surface area contributed by atoms with Crippen molar-refractivity contribution in [3.05, 3.63) is 6.57 Å². The van der Waals surface area contributed by atoms with Gasteiger partial charge >= 0.3 is 49.0 Å². The molecule has 0 aromatic heterocycles. The molecule has 0 aromatic rings. The molecule has 5 heavy (non-hydrogen) atoms. The largest absolute Gasteiger partial charge is 2.00 e. The summed E-state index contributed by atoms with van der Waals surface area (Å²) in [7, 11) is 0. The van der Waals surface area contributed by atoms with Crippen LogP contribution in [0, 0.1) is 11.8 Å². The first-order valence-electron chi connectivity index (χ1n) is 0.224. The molecule has 0 saturated heterocycles. The van der Waals surface area contributed by atoms with Crippen LogP contribution in [0.2, 0.25) is 0 Å². The molecule has 0 unspecified atom stereocenters. The molecule has 0 rings (SSSR count). The fourth-order valence-corrected chi connectivity index (χ4v) is 0. The van der Waals surface area contributed by atoms with Crippen molar-refractivity contribution in [2.24, 2.45) is 0 Å². The summed E-state index contributed by atoms with van der Waals surface area (Å²) in [4.78, 5) is 0. The van der Waals surface area contributed by atoms with Gasteiger partial charge < -0.3 is 24.2 Å². The molecular weight excluding hydrogens is 150 g/mol. The van der Waals surface area contributed by atoms with Crippen LogP contribution in [0.25, 0.3) is 0 Å². The summed E-state index contributed by atoms with van der Waals surface area (Å²) in [5, 5.41) is 6.25. The molecular formula is CClNNaZn+. The van der Waals surface area contributed by atoms with Gasteiger partial charge in [-0.05, 0) is 0 Å². The second-order valence-electron chi connectivity index (χ2n) is 0. The van der Waals surface area contributed by atoms with Gasteiger partial charge in [-0.2, -0.15) is 0 Å². The third kappa shape index (κ3) is 31.8. The summed E-state index contributed by atoms with van der Waals surface area (Å²) in [6, 6.07) is 0. The third-order valence-electron chi connectivity index (χ3n) is 0. The quantitative estimate of drug-likeness (QED) is 0.249. The van der Waals surface area contributed by atoms with E-state index in [1.165, 1.54) is 0 Å². The number of nitrogens with zero attached hydrogens (tertiary/aromatic N) is 1. The summed E-state index contributed by atoms with van der Waals surface area (Å²) in [6.45, 7) is 4.75. The van der Waals surface area contributed by atoms with Crippen molar-refractivity contribution in [1.82, 2.24) is 0 Å². The molecule has 0 N–H and O–H groups in total. The Hall–Kier alpha value is 1.40. The molecule has 0 radical (unpaired) electrons. The van der Waals surface area contributed by atoms with Crippen molar-refractivity contribution in [1.29, 1.82) is 5.26 Å². The number of halogens is 1. The van der Waals surface area contributed by atoms with Gasteiger partial charge in [-0.1, -0.05) is 0 Å². The van der Waals surface area contributed by atoms with Gasteiger partial charge in [-0.25, -0.2) is 0 Å². The second kappa shape index (κ2) is 53.2. The van der Waals surface area contributed by atoms with Gasteiger partial charge in [0.25, 0.3) is 0 Å². The van der Waals surface area contributed by atoms with Crippen LogP contribution in [-0.2, 0) is 19.5 Å². The molecule has 0 atom stereocenters. The van der Waals surface area contributed by atoms with E-state index in [0.29, 0.717) is 0 Å².